The first-order valence-corrected chi connectivity index (χ1v) is 9.23. The standard InChI is InChI=1S/C14H16BrNOS2/c15-10-3-1-9(2-4-10)8-16-14(17)13-7-12-11(19-13)5-6-18-12/h5-7,9-10H,1-4,8H2,(H,16,17). The predicted octanol–water partition coefficient (Wildman–Crippen LogP) is 4.65. The highest BCUT2D eigenvalue weighted by Crippen LogP contribution is 2.30. The van der Waals surface area contributed by atoms with Gasteiger partial charge in [0.25, 0.3) is 5.91 Å². The number of nitrogens with one attached hydrogen (secondary N) is 1. The van der Waals surface area contributed by atoms with E-state index >= 15 is 0 Å². The molecular weight excluding hydrogens is 342 g/mol. The minimum atomic E-state index is 0.0920. The molecule has 0 aliphatic heterocycles. The molecule has 0 radical (unpaired) electrons. The molecule has 0 bridgehead atoms. The van der Waals surface area contributed by atoms with Crippen LogP contribution in [0.25, 0.3) is 9.40 Å². The summed E-state index contributed by atoms with van der Waals surface area (Å²) < 4.78 is 2.44. The smallest absolute Gasteiger partial charge is 0.261 e. The maximum Gasteiger partial charge on any atom is 0.261 e. The lowest BCUT2D eigenvalue weighted by atomic mass is 9.89. The fourth-order valence-corrected chi connectivity index (χ4v) is 5.08. The second-order valence-corrected chi connectivity index (χ2v) is 8.41. The quantitative estimate of drug-likeness (QED) is 0.796. The molecule has 0 unspecified atom stereocenters. The number of carbonyl (C=O) groups excluding carboxylic acids is 1. The van der Waals surface area contributed by atoms with Gasteiger partial charge in [-0.25, -0.2) is 0 Å². The summed E-state index contributed by atoms with van der Waals surface area (Å²) in [5.41, 5.74) is 0. The largest absolute Gasteiger partial charge is 0.351 e. The molecule has 2 aromatic rings. The van der Waals surface area contributed by atoms with Crippen LogP contribution in [0.4, 0.5) is 0 Å². The third-order valence-corrected chi connectivity index (χ3v) is 6.70. The molecule has 0 aromatic carbocycles. The monoisotopic (exact) mass is 357 g/mol. The molecule has 2 heterocycles. The van der Waals surface area contributed by atoms with Gasteiger partial charge in [0.05, 0.1) is 4.88 Å². The van der Waals surface area contributed by atoms with E-state index in [1.165, 1.54) is 35.1 Å². The molecule has 2 aromatic heterocycles. The zero-order valence-electron chi connectivity index (χ0n) is 10.5. The molecule has 1 fully saturated rings. The Labute approximate surface area is 129 Å². The van der Waals surface area contributed by atoms with Crippen LogP contribution >= 0.6 is 38.6 Å². The summed E-state index contributed by atoms with van der Waals surface area (Å²) in [5.74, 6) is 0.744. The third-order valence-electron chi connectivity index (χ3n) is 3.69. The molecular formula is C14H16BrNOS2. The van der Waals surface area contributed by atoms with Crippen molar-refractivity contribution in [1.29, 1.82) is 0 Å². The number of hydrogen-bond acceptors (Lipinski definition) is 3. The summed E-state index contributed by atoms with van der Waals surface area (Å²) in [6, 6.07) is 4.09. The van der Waals surface area contributed by atoms with Crippen molar-refractivity contribution in [2.75, 3.05) is 6.54 Å². The molecule has 1 N–H and O–H groups in total. The van der Waals surface area contributed by atoms with Gasteiger partial charge in [-0.3, -0.25) is 4.79 Å². The van der Waals surface area contributed by atoms with Gasteiger partial charge >= 0.3 is 0 Å². The Morgan fingerprint density at radius 1 is 1.32 bits per heavy atom. The SMILES string of the molecule is O=C(NCC1CCC(Br)CC1)c1cc2sccc2s1. The van der Waals surface area contributed by atoms with Gasteiger partial charge in [0.15, 0.2) is 0 Å². The van der Waals surface area contributed by atoms with Gasteiger partial charge in [-0.1, -0.05) is 15.9 Å². The van der Waals surface area contributed by atoms with E-state index in [4.69, 9.17) is 0 Å². The zero-order valence-corrected chi connectivity index (χ0v) is 13.7. The lowest BCUT2D eigenvalue weighted by molar-refractivity contribution is 0.0948. The molecule has 2 nitrogen and oxygen atoms in total. The Morgan fingerprint density at radius 2 is 2.11 bits per heavy atom. The number of alkyl halides is 1. The number of hydrogen-bond donors (Lipinski definition) is 1. The zero-order chi connectivity index (χ0) is 13.2. The first kappa shape index (κ1) is 13.6. The Bertz CT molecular complexity index is 540. The lowest BCUT2D eigenvalue weighted by Gasteiger charge is -2.25. The fourth-order valence-electron chi connectivity index (χ4n) is 2.53. The second-order valence-electron chi connectivity index (χ2n) is 5.09. The van der Waals surface area contributed by atoms with Gasteiger partial charge < -0.3 is 5.32 Å². The first-order chi connectivity index (χ1) is 9.22. The maximum atomic E-state index is 12.1. The number of thiophene rings is 2. The van der Waals surface area contributed by atoms with Crippen molar-refractivity contribution < 1.29 is 4.79 Å². The van der Waals surface area contributed by atoms with Gasteiger partial charge in [-0.15, -0.1) is 22.7 Å². The molecule has 1 aliphatic carbocycles. The number of amides is 1. The van der Waals surface area contributed by atoms with E-state index in [-0.39, 0.29) is 5.91 Å². The van der Waals surface area contributed by atoms with Crippen molar-refractivity contribution >= 4 is 53.9 Å². The fraction of sp³-hybridized carbons (Fsp3) is 0.500. The number of carbonyl (C=O) groups is 1. The number of halogens is 1. The molecule has 3 rings (SSSR count). The predicted molar refractivity (Wildman–Crippen MR) is 86.7 cm³/mol. The highest BCUT2D eigenvalue weighted by atomic mass is 79.9. The average Bonchev–Trinajstić information content (AvgIpc) is 2.98. The molecule has 102 valence electrons. The van der Waals surface area contributed by atoms with E-state index in [1.54, 1.807) is 22.7 Å². The molecule has 1 saturated carbocycles. The summed E-state index contributed by atoms with van der Waals surface area (Å²) >= 11 is 6.95. The van der Waals surface area contributed by atoms with Crippen LogP contribution in [-0.4, -0.2) is 17.3 Å². The van der Waals surface area contributed by atoms with Crippen LogP contribution in [-0.2, 0) is 0 Å². The molecule has 1 amide bonds. The number of rotatable bonds is 3. The first-order valence-electron chi connectivity index (χ1n) is 6.61. The summed E-state index contributed by atoms with van der Waals surface area (Å²) in [7, 11) is 0. The summed E-state index contributed by atoms with van der Waals surface area (Å²) in [5, 5.41) is 5.17. The highest BCUT2D eigenvalue weighted by molar-refractivity contribution is 9.09. The van der Waals surface area contributed by atoms with Crippen LogP contribution in [0.2, 0.25) is 0 Å². The van der Waals surface area contributed by atoms with Crippen LogP contribution in [0.5, 0.6) is 0 Å². The Hall–Kier alpha value is -0.390. The van der Waals surface area contributed by atoms with Crippen molar-refractivity contribution in [3.8, 4) is 0 Å². The van der Waals surface area contributed by atoms with E-state index in [9.17, 15) is 4.79 Å². The molecule has 0 saturated heterocycles. The lowest BCUT2D eigenvalue weighted by Crippen LogP contribution is -2.30. The van der Waals surface area contributed by atoms with Gasteiger partial charge in [0.2, 0.25) is 0 Å². The van der Waals surface area contributed by atoms with Crippen molar-refractivity contribution in [3.63, 3.8) is 0 Å². The summed E-state index contributed by atoms with van der Waals surface area (Å²) in [4.78, 5) is 13.6. The van der Waals surface area contributed by atoms with Crippen molar-refractivity contribution in [2.24, 2.45) is 5.92 Å². The molecule has 0 spiro atoms. The molecule has 0 atom stereocenters. The van der Waals surface area contributed by atoms with Crippen molar-refractivity contribution in [3.05, 3.63) is 22.4 Å². The second kappa shape index (κ2) is 5.94. The van der Waals surface area contributed by atoms with Gasteiger partial charge in [0.1, 0.15) is 0 Å². The Balaban J connectivity index is 1.55. The number of fused-ring (bicyclic) bond motifs is 1. The van der Waals surface area contributed by atoms with Crippen molar-refractivity contribution in [2.45, 2.75) is 30.5 Å². The summed E-state index contributed by atoms with van der Waals surface area (Å²) in [6.45, 7) is 0.824. The highest BCUT2D eigenvalue weighted by Gasteiger charge is 2.20. The van der Waals surface area contributed by atoms with E-state index in [2.05, 4.69) is 32.7 Å². The average molecular weight is 358 g/mol. The molecule has 19 heavy (non-hydrogen) atoms. The van der Waals surface area contributed by atoms with E-state index in [0.29, 0.717) is 10.7 Å². The van der Waals surface area contributed by atoms with Crippen LogP contribution in [0.3, 0.4) is 0 Å². The van der Waals surface area contributed by atoms with E-state index in [1.807, 2.05) is 6.07 Å². The third kappa shape index (κ3) is 3.20. The van der Waals surface area contributed by atoms with E-state index in [0.717, 1.165) is 11.4 Å². The minimum absolute atomic E-state index is 0.0920. The van der Waals surface area contributed by atoms with Crippen LogP contribution in [0.15, 0.2) is 17.5 Å². The normalized spacial score (nSPS) is 23.6. The summed E-state index contributed by atoms with van der Waals surface area (Å²) in [6.07, 6.45) is 4.90. The molecule has 5 heteroatoms. The van der Waals surface area contributed by atoms with Gasteiger partial charge in [-0.05, 0) is 49.1 Å². The van der Waals surface area contributed by atoms with Gasteiger partial charge in [-0.2, -0.15) is 0 Å². The Kier molecular flexibility index (Phi) is 4.24. The van der Waals surface area contributed by atoms with Crippen LogP contribution < -0.4 is 5.32 Å². The van der Waals surface area contributed by atoms with Crippen molar-refractivity contribution in [1.82, 2.24) is 5.32 Å². The molecule has 1 aliphatic rings. The maximum absolute atomic E-state index is 12.1. The topological polar surface area (TPSA) is 29.1 Å². The van der Waals surface area contributed by atoms with Crippen LogP contribution in [0.1, 0.15) is 35.4 Å². The van der Waals surface area contributed by atoms with E-state index < -0.39 is 0 Å². The van der Waals surface area contributed by atoms with Gasteiger partial charge in [0, 0.05) is 20.8 Å². The minimum Gasteiger partial charge on any atom is -0.351 e. The van der Waals surface area contributed by atoms with Crippen LogP contribution in [0, 0.1) is 5.92 Å². The Morgan fingerprint density at radius 3 is 2.84 bits per heavy atom.